The number of carbonyl (C=O) groups excluding carboxylic acids is 3. The second-order valence-electron chi connectivity index (χ2n) is 8.56. The first-order valence-electron chi connectivity index (χ1n) is 11.6. The van der Waals surface area contributed by atoms with E-state index in [0.717, 1.165) is 47.3 Å². The van der Waals surface area contributed by atoms with E-state index < -0.39 is 5.91 Å². The normalized spacial score (nSPS) is 17.1. The SMILES string of the molecule is CC(/C=C1\SC(=S)N(CCCC(=O)Nc2sc3c(c2C(N)=O)CCCC3)C1=O)=C\c1ccccc1. The summed E-state index contributed by atoms with van der Waals surface area (Å²) < 4.78 is 0.496. The summed E-state index contributed by atoms with van der Waals surface area (Å²) in [5.41, 5.74) is 9.08. The molecule has 35 heavy (non-hydrogen) atoms. The van der Waals surface area contributed by atoms with Crippen molar-refractivity contribution in [2.75, 3.05) is 11.9 Å². The van der Waals surface area contributed by atoms with Gasteiger partial charge in [0.2, 0.25) is 5.91 Å². The minimum absolute atomic E-state index is 0.136. The minimum atomic E-state index is -0.499. The molecule has 9 heteroatoms. The van der Waals surface area contributed by atoms with Crippen LogP contribution in [-0.4, -0.2) is 33.5 Å². The standard InChI is InChI=1S/C26H27N3O3S3/c1-16(14-17-8-3-2-4-9-17)15-20-25(32)29(26(33)35-20)13-7-12-21(30)28-24-22(23(27)31)18-10-5-6-11-19(18)34-24/h2-4,8-9,14-15H,5-7,10-13H2,1H3,(H2,27,31)(H,28,30)/b16-14+,20-15-. The molecule has 1 aliphatic heterocycles. The molecule has 6 nitrogen and oxygen atoms in total. The molecule has 1 aliphatic carbocycles. The molecule has 2 aliphatic rings. The Morgan fingerprint density at radius 3 is 2.69 bits per heavy atom. The Morgan fingerprint density at radius 1 is 1.20 bits per heavy atom. The second kappa shape index (κ2) is 11.3. The molecule has 0 saturated carbocycles. The zero-order valence-corrected chi connectivity index (χ0v) is 21.9. The summed E-state index contributed by atoms with van der Waals surface area (Å²) in [5.74, 6) is -0.836. The van der Waals surface area contributed by atoms with E-state index in [9.17, 15) is 14.4 Å². The third-order valence-corrected chi connectivity index (χ3v) is 8.47. The molecular weight excluding hydrogens is 499 g/mol. The van der Waals surface area contributed by atoms with Crippen LogP contribution in [0, 0.1) is 0 Å². The molecule has 182 valence electrons. The summed E-state index contributed by atoms with van der Waals surface area (Å²) >= 11 is 8.14. The maximum Gasteiger partial charge on any atom is 0.266 e. The molecule has 4 rings (SSSR count). The lowest BCUT2D eigenvalue weighted by Gasteiger charge is -2.14. The molecule has 3 amide bonds. The van der Waals surface area contributed by atoms with Crippen LogP contribution in [-0.2, 0) is 22.4 Å². The lowest BCUT2D eigenvalue weighted by molar-refractivity contribution is -0.122. The lowest BCUT2D eigenvalue weighted by atomic mass is 9.95. The quantitative estimate of drug-likeness (QED) is 0.361. The highest BCUT2D eigenvalue weighted by molar-refractivity contribution is 8.26. The van der Waals surface area contributed by atoms with Crippen LogP contribution in [0.25, 0.3) is 6.08 Å². The van der Waals surface area contributed by atoms with E-state index in [0.29, 0.717) is 32.8 Å². The van der Waals surface area contributed by atoms with Gasteiger partial charge in [-0.25, -0.2) is 0 Å². The molecule has 0 unspecified atom stereocenters. The van der Waals surface area contributed by atoms with Gasteiger partial charge in [-0.2, -0.15) is 0 Å². The van der Waals surface area contributed by atoms with Gasteiger partial charge in [-0.1, -0.05) is 60.4 Å². The molecule has 1 aromatic carbocycles. The van der Waals surface area contributed by atoms with Crippen LogP contribution in [0.3, 0.4) is 0 Å². The van der Waals surface area contributed by atoms with Crippen LogP contribution < -0.4 is 11.1 Å². The third-order valence-electron chi connectivity index (χ3n) is 5.88. The topological polar surface area (TPSA) is 92.5 Å². The number of amides is 3. The number of rotatable bonds is 8. The first kappa shape index (κ1) is 25.3. The molecule has 2 heterocycles. The van der Waals surface area contributed by atoms with E-state index in [1.165, 1.54) is 23.1 Å². The smallest absolute Gasteiger partial charge is 0.266 e. The van der Waals surface area contributed by atoms with Gasteiger partial charge in [-0.15, -0.1) is 11.3 Å². The predicted molar refractivity (Wildman–Crippen MR) is 147 cm³/mol. The summed E-state index contributed by atoms with van der Waals surface area (Å²) in [6.07, 6.45) is 8.38. The molecule has 1 aromatic heterocycles. The molecule has 0 bridgehead atoms. The van der Waals surface area contributed by atoms with Crippen LogP contribution in [0.1, 0.15) is 59.0 Å². The molecule has 1 saturated heterocycles. The van der Waals surface area contributed by atoms with Crippen molar-refractivity contribution in [1.82, 2.24) is 4.90 Å². The van der Waals surface area contributed by atoms with E-state index >= 15 is 0 Å². The number of thioether (sulfide) groups is 1. The number of thiophene rings is 1. The number of nitrogens with one attached hydrogen (secondary N) is 1. The Balaban J connectivity index is 1.33. The van der Waals surface area contributed by atoms with Crippen molar-refractivity contribution in [3.05, 3.63) is 68.5 Å². The third kappa shape index (κ3) is 6.09. The fourth-order valence-corrected chi connectivity index (χ4v) is 6.92. The first-order valence-corrected chi connectivity index (χ1v) is 13.6. The maximum absolute atomic E-state index is 12.9. The van der Waals surface area contributed by atoms with Crippen LogP contribution in [0.4, 0.5) is 5.00 Å². The Kier molecular flexibility index (Phi) is 8.20. The van der Waals surface area contributed by atoms with Gasteiger partial charge in [-0.3, -0.25) is 19.3 Å². The monoisotopic (exact) mass is 525 g/mol. The summed E-state index contributed by atoms with van der Waals surface area (Å²) in [4.78, 5) is 40.8. The first-order chi connectivity index (χ1) is 16.8. The van der Waals surface area contributed by atoms with E-state index in [-0.39, 0.29) is 18.2 Å². The van der Waals surface area contributed by atoms with Crippen molar-refractivity contribution in [1.29, 1.82) is 0 Å². The molecule has 0 radical (unpaired) electrons. The number of carbonyl (C=O) groups is 3. The summed E-state index contributed by atoms with van der Waals surface area (Å²) in [6, 6.07) is 9.91. The van der Waals surface area contributed by atoms with Crippen LogP contribution in [0.5, 0.6) is 0 Å². The average molecular weight is 526 g/mol. The Labute approximate surface area is 218 Å². The summed E-state index contributed by atoms with van der Waals surface area (Å²) in [7, 11) is 0. The van der Waals surface area contributed by atoms with Crippen LogP contribution >= 0.6 is 35.3 Å². The van der Waals surface area contributed by atoms with Crippen LogP contribution in [0.15, 0.2) is 46.9 Å². The van der Waals surface area contributed by atoms with E-state index in [1.807, 2.05) is 49.4 Å². The minimum Gasteiger partial charge on any atom is -0.365 e. The molecule has 0 atom stereocenters. The van der Waals surface area contributed by atoms with Gasteiger partial charge in [0, 0.05) is 17.8 Å². The second-order valence-corrected chi connectivity index (χ2v) is 11.3. The number of hydrogen-bond acceptors (Lipinski definition) is 6. The number of thiocarbonyl (C=S) groups is 1. The van der Waals surface area contributed by atoms with Gasteiger partial charge < -0.3 is 11.1 Å². The highest BCUT2D eigenvalue weighted by Crippen LogP contribution is 2.38. The van der Waals surface area contributed by atoms with Crippen molar-refractivity contribution >= 4 is 68.4 Å². The van der Waals surface area contributed by atoms with Gasteiger partial charge >= 0.3 is 0 Å². The molecule has 3 N–H and O–H groups in total. The number of allylic oxidation sites excluding steroid dienone is 2. The van der Waals surface area contributed by atoms with Gasteiger partial charge in [0.1, 0.15) is 9.32 Å². The number of anilines is 1. The largest absolute Gasteiger partial charge is 0.365 e. The molecular formula is C26H27N3O3S3. The van der Waals surface area contributed by atoms with Gasteiger partial charge in [0.15, 0.2) is 0 Å². The van der Waals surface area contributed by atoms with Crippen molar-refractivity contribution in [3.8, 4) is 0 Å². The number of hydrogen-bond donors (Lipinski definition) is 2. The Morgan fingerprint density at radius 2 is 1.94 bits per heavy atom. The highest BCUT2D eigenvalue weighted by atomic mass is 32.2. The van der Waals surface area contributed by atoms with Gasteiger partial charge in [-0.05, 0) is 61.8 Å². The fourth-order valence-electron chi connectivity index (χ4n) is 4.25. The summed E-state index contributed by atoms with van der Waals surface area (Å²) in [5, 5.41) is 3.42. The zero-order valence-electron chi connectivity index (χ0n) is 19.5. The Hall–Kier alpha value is -2.75. The van der Waals surface area contributed by atoms with E-state index in [1.54, 1.807) is 4.90 Å². The van der Waals surface area contributed by atoms with Crippen molar-refractivity contribution in [2.24, 2.45) is 5.73 Å². The maximum atomic E-state index is 12.9. The van der Waals surface area contributed by atoms with Gasteiger partial charge in [0.05, 0.1) is 10.5 Å². The number of aryl methyl sites for hydroxylation is 1. The van der Waals surface area contributed by atoms with Crippen molar-refractivity contribution < 1.29 is 14.4 Å². The number of fused-ring (bicyclic) bond motifs is 1. The van der Waals surface area contributed by atoms with Crippen molar-refractivity contribution in [3.63, 3.8) is 0 Å². The van der Waals surface area contributed by atoms with Gasteiger partial charge in [0.25, 0.3) is 11.8 Å². The highest BCUT2D eigenvalue weighted by Gasteiger charge is 2.31. The van der Waals surface area contributed by atoms with Crippen LogP contribution in [0.2, 0.25) is 0 Å². The summed E-state index contributed by atoms with van der Waals surface area (Å²) in [6.45, 7) is 2.31. The lowest BCUT2D eigenvalue weighted by Crippen LogP contribution is -2.29. The molecule has 1 fully saturated rings. The number of primary amides is 1. The predicted octanol–water partition coefficient (Wildman–Crippen LogP) is 5.29. The fraction of sp³-hybridized carbons (Fsp3) is 0.308. The number of nitrogens with zero attached hydrogens (tertiary/aromatic N) is 1. The Bertz CT molecular complexity index is 1230. The number of benzene rings is 1. The zero-order chi connectivity index (χ0) is 24.9. The average Bonchev–Trinajstić information content (AvgIpc) is 3.31. The molecule has 0 spiro atoms. The number of nitrogens with two attached hydrogens (primary N) is 1. The van der Waals surface area contributed by atoms with E-state index in [2.05, 4.69) is 5.32 Å². The van der Waals surface area contributed by atoms with Crippen molar-refractivity contribution in [2.45, 2.75) is 45.4 Å². The van der Waals surface area contributed by atoms with E-state index in [4.69, 9.17) is 18.0 Å². The molecule has 2 aromatic rings.